The first kappa shape index (κ1) is 13.5. The number of imide groups is 1. The van der Waals surface area contributed by atoms with Crippen LogP contribution in [0.4, 0.5) is 0 Å². The molecule has 1 heterocycles. The molecule has 0 atom stereocenters. The highest BCUT2D eigenvalue weighted by molar-refractivity contribution is 9.11. The highest BCUT2D eigenvalue weighted by Gasteiger charge is 2.34. The molecule has 100 valence electrons. The van der Waals surface area contributed by atoms with Crippen molar-refractivity contribution in [2.45, 2.75) is 6.54 Å². The van der Waals surface area contributed by atoms with Gasteiger partial charge in [-0.1, -0.05) is 44.0 Å². The Morgan fingerprint density at radius 3 is 1.85 bits per heavy atom. The normalized spacial score (nSPS) is 13.8. The molecule has 0 aromatic heterocycles. The predicted molar refractivity (Wildman–Crippen MR) is 82.5 cm³/mol. The Balaban J connectivity index is 1.93. The van der Waals surface area contributed by atoms with Crippen LogP contribution in [0.5, 0.6) is 0 Å². The van der Waals surface area contributed by atoms with E-state index in [0.29, 0.717) is 11.1 Å². The minimum absolute atomic E-state index is 0.235. The van der Waals surface area contributed by atoms with Gasteiger partial charge in [0.05, 0.1) is 17.7 Å². The number of benzene rings is 2. The number of halogens is 2. The standard InChI is InChI=1S/C15H9Br2NO2/c16-10-5-9(6-11(17)7-10)8-18-14(19)12-3-1-2-4-13(12)15(18)20/h1-7H,8H2. The van der Waals surface area contributed by atoms with Crippen molar-refractivity contribution in [3.8, 4) is 0 Å². The summed E-state index contributed by atoms with van der Waals surface area (Å²) in [4.78, 5) is 25.8. The second-order valence-electron chi connectivity index (χ2n) is 4.52. The van der Waals surface area contributed by atoms with Crippen molar-refractivity contribution in [2.24, 2.45) is 0 Å². The van der Waals surface area contributed by atoms with Crippen molar-refractivity contribution in [1.29, 1.82) is 0 Å². The molecule has 0 saturated carbocycles. The van der Waals surface area contributed by atoms with E-state index in [-0.39, 0.29) is 18.4 Å². The van der Waals surface area contributed by atoms with Crippen LogP contribution in [0.2, 0.25) is 0 Å². The number of carbonyl (C=O) groups is 2. The molecule has 3 rings (SSSR count). The van der Waals surface area contributed by atoms with Crippen molar-refractivity contribution in [1.82, 2.24) is 4.90 Å². The molecular formula is C15H9Br2NO2. The monoisotopic (exact) mass is 393 g/mol. The van der Waals surface area contributed by atoms with Crippen molar-refractivity contribution in [2.75, 3.05) is 0 Å². The Bertz CT molecular complexity index is 672. The summed E-state index contributed by atoms with van der Waals surface area (Å²) < 4.78 is 1.80. The lowest BCUT2D eigenvalue weighted by Gasteiger charge is -2.14. The molecule has 0 unspecified atom stereocenters. The molecule has 3 nitrogen and oxygen atoms in total. The fourth-order valence-electron chi connectivity index (χ4n) is 2.27. The van der Waals surface area contributed by atoms with E-state index in [1.807, 2.05) is 18.2 Å². The van der Waals surface area contributed by atoms with Crippen LogP contribution in [0.1, 0.15) is 26.3 Å². The molecule has 1 aliphatic heterocycles. The van der Waals surface area contributed by atoms with Crippen LogP contribution in [-0.2, 0) is 6.54 Å². The van der Waals surface area contributed by atoms with E-state index in [9.17, 15) is 9.59 Å². The van der Waals surface area contributed by atoms with E-state index >= 15 is 0 Å². The van der Waals surface area contributed by atoms with Gasteiger partial charge < -0.3 is 0 Å². The number of carbonyl (C=O) groups excluding carboxylic acids is 2. The molecule has 2 aromatic carbocycles. The predicted octanol–water partition coefficient (Wildman–Crippen LogP) is 4.01. The quantitative estimate of drug-likeness (QED) is 0.721. The van der Waals surface area contributed by atoms with Gasteiger partial charge >= 0.3 is 0 Å². The van der Waals surface area contributed by atoms with Gasteiger partial charge in [0.25, 0.3) is 11.8 Å². The van der Waals surface area contributed by atoms with Crippen LogP contribution in [0, 0.1) is 0 Å². The number of hydrogen-bond acceptors (Lipinski definition) is 2. The summed E-state index contributed by atoms with van der Waals surface area (Å²) in [6, 6.07) is 12.6. The Morgan fingerprint density at radius 2 is 1.35 bits per heavy atom. The number of amides is 2. The summed E-state index contributed by atoms with van der Waals surface area (Å²) in [5.41, 5.74) is 1.85. The fourth-order valence-corrected chi connectivity index (χ4v) is 3.66. The van der Waals surface area contributed by atoms with Gasteiger partial charge in [0.1, 0.15) is 0 Å². The number of fused-ring (bicyclic) bond motifs is 1. The van der Waals surface area contributed by atoms with Crippen molar-refractivity contribution >= 4 is 43.7 Å². The smallest absolute Gasteiger partial charge is 0.261 e. The molecule has 0 N–H and O–H groups in total. The van der Waals surface area contributed by atoms with Crippen molar-refractivity contribution in [3.63, 3.8) is 0 Å². The first-order chi connectivity index (χ1) is 9.56. The van der Waals surface area contributed by atoms with E-state index in [4.69, 9.17) is 0 Å². The van der Waals surface area contributed by atoms with Gasteiger partial charge in [-0.2, -0.15) is 0 Å². The topological polar surface area (TPSA) is 37.4 Å². The Morgan fingerprint density at radius 1 is 0.850 bits per heavy atom. The molecule has 2 aromatic rings. The molecule has 0 aliphatic carbocycles. The van der Waals surface area contributed by atoms with E-state index in [0.717, 1.165) is 14.5 Å². The van der Waals surface area contributed by atoms with Crippen LogP contribution in [0.15, 0.2) is 51.4 Å². The molecule has 0 radical (unpaired) electrons. The maximum Gasteiger partial charge on any atom is 0.261 e. The van der Waals surface area contributed by atoms with Gasteiger partial charge in [0.15, 0.2) is 0 Å². The minimum Gasteiger partial charge on any atom is -0.270 e. The summed E-state index contributed by atoms with van der Waals surface area (Å²) >= 11 is 6.81. The second-order valence-corrected chi connectivity index (χ2v) is 6.35. The zero-order chi connectivity index (χ0) is 14.3. The third-order valence-electron chi connectivity index (χ3n) is 3.14. The van der Waals surface area contributed by atoms with E-state index in [1.165, 1.54) is 4.90 Å². The molecule has 20 heavy (non-hydrogen) atoms. The number of nitrogens with zero attached hydrogens (tertiary/aromatic N) is 1. The van der Waals surface area contributed by atoms with Gasteiger partial charge in [-0.05, 0) is 35.9 Å². The number of hydrogen-bond donors (Lipinski definition) is 0. The lowest BCUT2D eigenvalue weighted by Crippen LogP contribution is -2.29. The van der Waals surface area contributed by atoms with Gasteiger partial charge in [-0.15, -0.1) is 0 Å². The third-order valence-corrected chi connectivity index (χ3v) is 4.06. The van der Waals surface area contributed by atoms with Gasteiger partial charge in [-0.3, -0.25) is 14.5 Å². The average Bonchev–Trinajstić information content (AvgIpc) is 2.64. The lowest BCUT2D eigenvalue weighted by molar-refractivity contribution is 0.0642. The van der Waals surface area contributed by atoms with E-state index in [1.54, 1.807) is 24.3 Å². The molecule has 0 bridgehead atoms. The first-order valence-corrected chi connectivity index (χ1v) is 7.55. The van der Waals surface area contributed by atoms with Crippen molar-refractivity contribution in [3.05, 3.63) is 68.1 Å². The molecule has 2 amide bonds. The van der Waals surface area contributed by atoms with Crippen molar-refractivity contribution < 1.29 is 9.59 Å². The van der Waals surface area contributed by atoms with Gasteiger partial charge in [0, 0.05) is 8.95 Å². The van der Waals surface area contributed by atoms with Gasteiger partial charge in [-0.25, -0.2) is 0 Å². The van der Waals surface area contributed by atoms with E-state index < -0.39 is 0 Å². The molecule has 0 fully saturated rings. The van der Waals surface area contributed by atoms with Gasteiger partial charge in [0.2, 0.25) is 0 Å². The molecule has 1 aliphatic rings. The maximum atomic E-state index is 12.3. The molecule has 0 saturated heterocycles. The third kappa shape index (κ3) is 2.31. The Labute approximate surface area is 132 Å². The SMILES string of the molecule is O=C1c2ccccc2C(=O)N1Cc1cc(Br)cc(Br)c1. The highest BCUT2D eigenvalue weighted by Crippen LogP contribution is 2.26. The zero-order valence-electron chi connectivity index (χ0n) is 10.3. The fraction of sp³-hybridized carbons (Fsp3) is 0.0667. The van der Waals surface area contributed by atoms with Crippen LogP contribution in [0.25, 0.3) is 0 Å². The lowest BCUT2D eigenvalue weighted by atomic mass is 10.1. The summed E-state index contributed by atoms with van der Waals surface area (Å²) in [6.45, 7) is 0.268. The molecule has 0 spiro atoms. The largest absolute Gasteiger partial charge is 0.270 e. The van der Waals surface area contributed by atoms with Crippen LogP contribution >= 0.6 is 31.9 Å². The Hall–Kier alpha value is -1.46. The maximum absolute atomic E-state index is 12.3. The zero-order valence-corrected chi connectivity index (χ0v) is 13.4. The van der Waals surface area contributed by atoms with Crippen LogP contribution in [0.3, 0.4) is 0 Å². The molecular weight excluding hydrogens is 386 g/mol. The Kier molecular flexibility index (Phi) is 3.48. The molecule has 5 heteroatoms. The first-order valence-electron chi connectivity index (χ1n) is 5.96. The summed E-state index contributed by atoms with van der Waals surface area (Å²) in [5, 5.41) is 0. The second kappa shape index (κ2) is 5.14. The summed E-state index contributed by atoms with van der Waals surface area (Å²) in [6.07, 6.45) is 0. The summed E-state index contributed by atoms with van der Waals surface area (Å²) in [5.74, 6) is -0.469. The number of rotatable bonds is 2. The van der Waals surface area contributed by atoms with E-state index in [2.05, 4.69) is 31.9 Å². The van der Waals surface area contributed by atoms with Crippen LogP contribution < -0.4 is 0 Å². The van der Waals surface area contributed by atoms with Crippen LogP contribution in [-0.4, -0.2) is 16.7 Å². The minimum atomic E-state index is -0.235. The highest BCUT2D eigenvalue weighted by atomic mass is 79.9. The average molecular weight is 395 g/mol. The summed E-state index contributed by atoms with van der Waals surface area (Å²) in [7, 11) is 0.